The number of aryl methyl sites for hydroxylation is 2. The van der Waals surface area contributed by atoms with Crippen molar-refractivity contribution < 1.29 is 0 Å². The van der Waals surface area contributed by atoms with Crippen molar-refractivity contribution in [2.45, 2.75) is 18.4 Å². The van der Waals surface area contributed by atoms with Crippen LogP contribution in [0.4, 0.5) is 5.69 Å². The number of nitrogens with one attached hydrogen (secondary N) is 1. The van der Waals surface area contributed by atoms with Gasteiger partial charge in [0.05, 0.1) is 6.54 Å². The van der Waals surface area contributed by atoms with Crippen LogP contribution in [0, 0.1) is 6.92 Å². The molecule has 2 aromatic carbocycles. The molecule has 0 aliphatic heterocycles. The Bertz CT molecular complexity index is 718. The highest BCUT2D eigenvalue weighted by Crippen LogP contribution is 2.25. The number of nitrogens with zero attached hydrogens (tertiary/aromatic N) is 1. The van der Waals surface area contributed by atoms with E-state index in [1.54, 1.807) is 11.8 Å². The molecule has 108 valence electrons. The number of para-hydroxylation sites is 1. The third-order valence-corrected chi connectivity index (χ3v) is 4.80. The highest BCUT2D eigenvalue weighted by atomic mass is 32.2. The van der Waals surface area contributed by atoms with Crippen molar-refractivity contribution in [2.24, 2.45) is 7.05 Å². The molecule has 21 heavy (non-hydrogen) atoms. The van der Waals surface area contributed by atoms with E-state index < -0.39 is 0 Å². The molecular weight excluding hydrogens is 276 g/mol. The minimum Gasteiger partial charge on any atom is -0.379 e. The maximum Gasteiger partial charge on any atom is 0.0556 e. The van der Waals surface area contributed by atoms with E-state index in [0.29, 0.717) is 0 Å². The van der Waals surface area contributed by atoms with E-state index >= 15 is 0 Å². The Morgan fingerprint density at radius 1 is 1.05 bits per heavy atom. The molecule has 0 fully saturated rings. The molecule has 3 heteroatoms. The molecule has 2 nitrogen and oxygen atoms in total. The Kier molecular flexibility index (Phi) is 3.93. The lowest BCUT2D eigenvalue weighted by Gasteiger charge is -2.09. The van der Waals surface area contributed by atoms with E-state index in [0.717, 1.165) is 12.2 Å². The van der Waals surface area contributed by atoms with Crippen LogP contribution >= 0.6 is 11.8 Å². The third kappa shape index (κ3) is 2.66. The zero-order valence-corrected chi connectivity index (χ0v) is 13.5. The molecule has 3 aromatic rings. The zero-order chi connectivity index (χ0) is 14.8. The van der Waals surface area contributed by atoms with Crippen molar-refractivity contribution in [3.05, 3.63) is 59.8 Å². The SMILES string of the molecule is CSc1ccc(NCc2c(C)c3ccccc3n2C)cc1. The number of hydrogen-bond acceptors (Lipinski definition) is 2. The lowest BCUT2D eigenvalue weighted by molar-refractivity contribution is 0.862. The predicted molar refractivity (Wildman–Crippen MR) is 93.2 cm³/mol. The van der Waals surface area contributed by atoms with Crippen LogP contribution in [-0.2, 0) is 13.6 Å². The second kappa shape index (κ2) is 5.86. The topological polar surface area (TPSA) is 17.0 Å². The number of benzene rings is 2. The first-order valence-corrected chi connectivity index (χ1v) is 8.34. The average Bonchev–Trinajstić information content (AvgIpc) is 2.78. The predicted octanol–water partition coefficient (Wildman–Crippen LogP) is 4.82. The standard InChI is InChI=1S/C18H20N2S/c1-13-16-6-4-5-7-17(16)20(2)18(13)12-19-14-8-10-15(21-3)11-9-14/h4-11,19H,12H2,1-3H3. The van der Waals surface area contributed by atoms with Gasteiger partial charge in [-0.15, -0.1) is 11.8 Å². The summed E-state index contributed by atoms with van der Waals surface area (Å²) in [7, 11) is 2.14. The van der Waals surface area contributed by atoms with Crippen LogP contribution in [0.5, 0.6) is 0 Å². The van der Waals surface area contributed by atoms with Crippen LogP contribution in [0.2, 0.25) is 0 Å². The molecule has 0 bridgehead atoms. The maximum atomic E-state index is 3.52. The Labute approximate surface area is 130 Å². The summed E-state index contributed by atoms with van der Waals surface area (Å²) in [5.74, 6) is 0. The Balaban J connectivity index is 1.84. The second-order valence-corrected chi connectivity index (χ2v) is 6.11. The number of anilines is 1. The smallest absolute Gasteiger partial charge is 0.0556 e. The molecule has 0 amide bonds. The highest BCUT2D eigenvalue weighted by Gasteiger charge is 2.10. The molecule has 0 atom stereocenters. The van der Waals surface area contributed by atoms with Gasteiger partial charge in [0, 0.05) is 34.2 Å². The van der Waals surface area contributed by atoms with E-state index in [-0.39, 0.29) is 0 Å². The molecule has 1 aromatic heterocycles. The largest absolute Gasteiger partial charge is 0.379 e. The van der Waals surface area contributed by atoms with Crippen molar-refractivity contribution >= 4 is 28.4 Å². The van der Waals surface area contributed by atoms with E-state index in [9.17, 15) is 0 Å². The summed E-state index contributed by atoms with van der Waals surface area (Å²) in [6.45, 7) is 3.05. The van der Waals surface area contributed by atoms with E-state index in [1.165, 1.54) is 27.1 Å². The lowest BCUT2D eigenvalue weighted by Crippen LogP contribution is -2.05. The minimum absolute atomic E-state index is 0.843. The van der Waals surface area contributed by atoms with Crippen LogP contribution in [0.1, 0.15) is 11.3 Å². The van der Waals surface area contributed by atoms with Crippen LogP contribution in [0.3, 0.4) is 0 Å². The molecule has 1 N–H and O–H groups in total. The fourth-order valence-electron chi connectivity index (χ4n) is 2.78. The first-order valence-electron chi connectivity index (χ1n) is 7.11. The van der Waals surface area contributed by atoms with Crippen molar-refractivity contribution in [1.29, 1.82) is 0 Å². The summed E-state index contributed by atoms with van der Waals surface area (Å²) in [6.07, 6.45) is 2.10. The van der Waals surface area contributed by atoms with Crippen LogP contribution < -0.4 is 5.32 Å². The van der Waals surface area contributed by atoms with Gasteiger partial charge >= 0.3 is 0 Å². The third-order valence-electron chi connectivity index (χ3n) is 4.06. The van der Waals surface area contributed by atoms with Gasteiger partial charge < -0.3 is 9.88 Å². The van der Waals surface area contributed by atoms with Gasteiger partial charge in [0.1, 0.15) is 0 Å². The second-order valence-electron chi connectivity index (χ2n) is 5.23. The van der Waals surface area contributed by atoms with Crippen LogP contribution in [0.25, 0.3) is 10.9 Å². The van der Waals surface area contributed by atoms with Crippen molar-refractivity contribution in [2.75, 3.05) is 11.6 Å². The molecule has 0 spiro atoms. The van der Waals surface area contributed by atoms with E-state index in [2.05, 4.69) is 78.6 Å². The lowest BCUT2D eigenvalue weighted by atomic mass is 10.1. The van der Waals surface area contributed by atoms with Crippen LogP contribution in [0.15, 0.2) is 53.4 Å². The number of aromatic nitrogens is 1. The van der Waals surface area contributed by atoms with Gasteiger partial charge in [-0.05, 0) is 49.1 Å². The number of hydrogen-bond donors (Lipinski definition) is 1. The minimum atomic E-state index is 0.843. The Hall–Kier alpha value is -1.87. The van der Waals surface area contributed by atoms with E-state index in [1.807, 2.05) is 0 Å². The van der Waals surface area contributed by atoms with Gasteiger partial charge in [0.15, 0.2) is 0 Å². The molecular formula is C18H20N2S. The fourth-order valence-corrected chi connectivity index (χ4v) is 3.19. The molecule has 0 aliphatic carbocycles. The Morgan fingerprint density at radius 2 is 1.76 bits per heavy atom. The van der Waals surface area contributed by atoms with Gasteiger partial charge in [0.2, 0.25) is 0 Å². The number of thioether (sulfide) groups is 1. The molecule has 0 unspecified atom stereocenters. The fraction of sp³-hybridized carbons (Fsp3) is 0.222. The first kappa shape index (κ1) is 14.1. The van der Waals surface area contributed by atoms with Gasteiger partial charge in [0.25, 0.3) is 0 Å². The molecule has 0 saturated carbocycles. The molecule has 0 radical (unpaired) electrons. The van der Waals surface area contributed by atoms with Crippen molar-refractivity contribution in [3.63, 3.8) is 0 Å². The monoisotopic (exact) mass is 296 g/mol. The van der Waals surface area contributed by atoms with Gasteiger partial charge in [-0.3, -0.25) is 0 Å². The average molecular weight is 296 g/mol. The van der Waals surface area contributed by atoms with Crippen LogP contribution in [-0.4, -0.2) is 10.8 Å². The zero-order valence-electron chi connectivity index (χ0n) is 12.7. The summed E-state index contributed by atoms with van der Waals surface area (Å²) in [5.41, 5.74) is 5.16. The number of rotatable bonds is 4. The molecule has 0 aliphatic rings. The first-order chi connectivity index (χ1) is 10.2. The number of fused-ring (bicyclic) bond motifs is 1. The summed E-state index contributed by atoms with van der Waals surface area (Å²) < 4.78 is 2.29. The van der Waals surface area contributed by atoms with Crippen molar-refractivity contribution in [3.8, 4) is 0 Å². The van der Waals surface area contributed by atoms with Crippen molar-refractivity contribution in [1.82, 2.24) is 4.57 Å². The molecule has 1 heterocycles. The summed E-state index contributed by atoms with van der Waals surface area (Å²) in [6, 6.07) is 17.2. The quantitative estimate of drug-likeness (QED) is 0.695. The molecule has 3 rings (SSSR count). The molecule has 0 saturated heterocycles. The normalized spacial score (nSPS) is 11.0. The van der Waals surface area contributed by atoms with Gasteiger partial charge in [-0.1, -0.05) is 18.2 Å². The summed E-state index contributed by atoms with van der Waals surface area (Å²) in [4.78, 5) is 1.29. The highest BCUT2D eigenvalue weighted by molar-refractivity contribution is 7.98. The maximum absolute atomic E-state index is 3.52. The van der Waals surface area contributed by atoms with Gasteiger partial charge in [-0.25, -0.2) is 0 Å². The van der Waals surface area contributed by atoms with E-state index in [4.69, 9.17) is 0 Å². The Morgan fingerprint density at radius 3 is 2.43 bits per heavy atom. The summed E-state index contributed by atoms with van der Waals surface area (Å²) in [5, 5.41) is 4.87. The van der Waals surface area contributed by atoms with Gasteiger partial charge in [-0.2, -0.15) is 0 Å². The summed E-state index contributed by atoms with van der Waals surface area (Å²) >= 11 is 1.77.